The van der Waals surface area contributed by atoms with Gasteiger partial charge < -0.3 is 16.0 Å². The summed E-state index contributed by atoms with van der Waals surface area (Å²) in [5, 5.41) is 22.2. The lowest BCUT2D eigenvalue weighted by Gasteiger charge is -2.12. The van der Waals surface area contributed by atoms with Gasteiger partial charge in [0.25, 0.3) is 0 Å². The predicted molar refractivity (Wildman–Crippen MR) is 108 cm³/mol. The number of nitrogens with zero attached hydrogens (tertiary/aromatic N) is 3. The summed E-state index contributed by atoms with van der Waals surface area (Å²) in [5.74, 6) is 0.282. The van der Waals surface area contributed by atoms with Crippen molar-refractivity contribution < 1.29 is 4.90 Å². The number of aromatic nitrogens is 3. The number of nitrogens with two attached hydrogens (primary N) is 1. The van der Waals surface area contributed by atoms with Crippen molar-refractivity contribution in [3.8, 4) is 6.07 Å². The number of aryl methyl sites for hydroxylation is 2. The highest BCUT2D eigenvalue weighted by Crippen LogP contribution is 2.21. The number of nitrogens with one attached hydrogen (secondary N) is 3. The summed E-state index contributed by atoms with van der Waals surface area (Å²) in [4.78, 5) is 6.04. The third kappa shape index (κ3) is 5.06. The standard InChI is InChI=1S/C19H23N7S/c1-13-5-7-14(8-6-13)22-19-23-15(12-27-19)11-26(2)9-3-4-17-16(10-20)18(21)25-24-17/h5-8,12H,3-4,9,11H2,1-2H3,(H,22,23)(H3,21,24,25)/p+1. The number of hydrogen-bond donors (Lipinski definition) is 4. The van der Waals surface area contributed by atoms with Gasteiger partial charge in [-0.15, -0.1) is 11.3 Å². The molecule has 0 amide bonds. The van der Waals surface area contributed by atoms with Crippen LogP contribution in [0.3, 0.4) is 0 Å². The van der Waals surface area contributed by atoms with Crippen molar-refractivity contribution in [2.45, 2.75) is 26.3 Å². The first kappa shape index (κ1) is 18.9. The van der Waals surface area contributed by atoms with Crippen molar-refractivity contribution >= 4 is 28.0 Å². The van der Waals surface area contributed by atoms with Gasteiger partial charge in [0.05, 0.1) is 19.3 Å². The molecule has 0 aliphatic rings. The van der Waals surface area contributed by atoms with E-state index in [-0.39, 0.29) is 5.82 Å². The molecule has 3 rings (SSSR count). The van der Waals surface area contributed by atoms with Crippen LogP contribution in [0.25, 0.3) is 0 Å². The lowest BCUT2D eigenvalue weighted by Crippen LogP contribution is -3.07. The van der Waals surface area contributed by atoms with E-state index >= 15 is 0 Å². The number of hydrogen-bond acceptors (Lipinski definition) is 6. The van der Waals surface area contributed by atoms with E-state index in [0.717, 1.165) is 48.1 Å². The van der Waals surface area contributed by atoms with Crippen LogP contribution in [0.1, 0.15) is 28.9 Å². The minimum atomic E-state index is 0.282. The number of quaternary nitrogens is 1. The molecule has 5 N–H and O–H groups in total. The number of nitrogen functional groups attached to an aromatic ring is 1. The number of thiazole rings is 1. The zero-order valence-electron chi connectivity index (χ0n) is 15.5. The second-order valence-corrected chi connectivity index (χ2v) is 7.55. The topological polar surface area (TPSA) is 108 Å². The first-order valence-electron chi connectivity index (χ1n) is 8.87. The Balaban J connectivity index is 1.47. The molecule has 1 aromatic carbocycles. The number of benzene rings is 1. The van der Waals surface area contributed by atoms with E-state index < -0.39 is 0 Å². The van der Waals surface area contributed by atoms with Crippen LogP contribution in [0.4, 0.5) is 16.6 Å². The molecule has 0 saturated carbocycles. The largest absolute Gasteiger partial charge is 0.381 e. The highest BCUT2D eigenvalue weighted by molar-refractivity contribution is 7.13. The zero-order chi connectivity index (χ0) is 19.2. The van der Waals surface area contributed by atoms with Crippen molar-refractivity contribution in [1.82, 2.24) is 15.2 Å². The fourth-order valence-electron chi connectivity index (χ4n) is 2.87. The van der Waals surface area contributed by atoms with Gasteiger partial charge in [-0.25, -0.2) is 4.98 Å². The van der Waals surface area contributed by atoms with Crippen LogP contribution in [0.2, 0.25) is 0 Å². The lowest BCUT2D eigenvalue weighted by atomic mass is 10.1. The van der Waals surface area contributed by atoms with Crippen LogP contribution >= 0.6 is 11.3 Å². The van der Waals surface area contributed by atoms with Crippen molar-refractivity contribution in [1.29, 1.82) is 5.26 Å². The summed E-state index contributed by atoms with van der Waals surface area (Å²) in [5.41, 5.74) is 10.3. The van der Waals surface area contributed by atoms with Crippen molar-refractivity contribution in [2.24, 2.45) is 0 Å². The molecule has 0 saturated heterocycles. The maximum Gasteiger partial charge on any atom is 0.187 e. The molecule has 0 bridgehead atoms. The van der Waals surface area contributed by atoms with E-state index in [1.54, 1.807) is 11.3 Å². The van der Waals surface area contributed by atoms with E-state index in [1.807, 2.05) is 0 Å². The molecule has 3 aromatic rings. The summed E-state index contributed by atoms with van der Waals surface area (Å²) in [6.07, 6.45) is 1.71. The molecule has 140 valence electrons. The second-order valence-electron chi connectivity index (χ2n) is 6.70. The minimum Gasteiger partial charge on any atom is -0.381 e. The Morgan fingerprint density at radius 3 is 2.85 bits per heavy atom. The van der Waals surface area contributed by atoms with E-state index in [4.69, 9.17) is 11.0 Å². The average Bonchev–Trinajstić information content (AvgIpc) is 3.23. The average molecular weight is 383 g/mol. The summed E-state index contributed by atoms with van der Waals surface area (Å²) in [6, 6.07) is 10.4. The number of aromatic amines is 1. The van der Waals surface area contributed by atoms with Crippen LogP contribution in [-0.4, -0.2) is 28.8 Å². The van der Waals surface area contributed by atoms with E-state index in [2.05, 4.69) is 70.2 Å². The van der Waals surface area contributed by atoms with E-state index in [9.17, 15) is 0 Å². The van der Waals surface area contributed by atoms with Gasteiger partial charge in [0, 0.05) is 17.5 Å². The molecule has 27 heavy (non-hydrogen) atoms. The van der Waals surface area contributed by atoms with Crippen LogP contribution < -0.4 is 16.0 Å². The Morgan fingerprint density at radius 1 is 1.33 bits per heavy atom. The number of rotatable bonds is 8. The van der Waals surface area contributed by atoms with Crippen LogP contribution in [0, 0.1) is 18.3 Å². The second kappa shape index (κ2) is 8.66. The highest BCUT2D eigenvalue weighted by atomic mass is 32.1. The molecule has 0 spiro atoms. The zero-order valence-corrected chi connectivity index (χ0v) is 16.4. The molecule has 8 heteroatoms. The molecule has 2 heterocycles. The normalized spacial score (nSPS) is 11.9. The maximum absolute atomic E-state index is 9.10. The smallest absolute Gasteiger partial charge is 0.187 e. The first-order valence-corrected chi connectivity index (χ1v) is 9.75. The van der Waals surface area contributed by atoms with Gasteiger partial charge in [-0.2, -0.15) is 10.4 Å². The van der Waals surface area contributed by atoms with Gasteiger partial charge in [0.15, 0.2) is 10.9 Å². The molecule has 0 radical (unpaired) electrons. The van der Waals surface area contributed by atoms with Crippen molar-refractivity contribution in [2.75, 3.05) is 24.6 Å². The summed E-state index contributed by atoms with van der Waals surface area (Å²) in [6.45, 7) is 3.91. The summed E-state index contributed by atoms with van der Waals surface area (Å²) in [7, 11) is 2.15. The fourth-order valence-corrected chi connectivity index (χ4v) is 3.60. The van der Waals surface area contributed by atoms with Gasteiger partial charge in [-0.1, -0.05) is 17.7 Å². The SMILES string of the molecule is Cc1ccc(Nc2nc(C[NH+](C)CCCc3[nH]nc(N)c3C#N)cs2)cc1. The monoisotopic (exact) mass is 382 g/mol. The molecule has 7 nitrogen and oxygen atoms in total. The van der Waals surface area contributed by atoms with Gasteiger partial charge in [0.1, 0.15) is 23.9 Å². The van der Waals surface area contributed by atoms with Gasteiger partial charge >= 0.3 is 0 Å². The molecule has 1 unspecified atom stereocenters. The third-order valence-electron chi connectivity index (χ3n) is 4.35. The highest BCUT2D eigenvalue weighted by Gasteiger charge is 2.12. The number of H-pyrrole nitrogens is 1. The number of anilines is 3. The van der Waals surface area contributed by atoms with Gasteiger partial charge in [0.2, 0.25) is 0 Å². The molecule has 0 fully saturated rings. The molecule has 2 aromatic heterocycles. The quantitative estimate of drug-likeness (QED) is 0.477. The van der Waals surface area contributed by atoms with Crippen LogP contribution in [-0.2, 0) is 13.0 Å². The Bertz CT molecular complexity index is 920. The third-order valence-corrected chi connectivity index (χ3v) is 5.16. The van der Waals surface area contributed by atoms with Gasteiger partial charge in [-0.05, 0) is 25.5 Å². The van der Waals surface area contributed by atoms with Crippen LogP contribution in [0.5, 0.6) is 0 Å². The fraction of sp³-hybridized carbons (Fsp3) is 0.316. The number of nitriles is 1. The minimum absolute atomic E-state index is 0.282. The predicted octanol–water partition coefficient (Wildman–Crippen LogP) is 2.02. The molecule has 0 aliphatic carbocycles. The lowest BCUT2D eigenvalue weighted by molar-refractivity contribution is -0.894. The van der Waals surface area contributed by atoms with E-state index in [0.29, 0.717) is 5.56 Å². The van der Waals surface area contributed by atoms with Crippen molar-refractivity contribution in [3.05, 3.63) is 52.2 Å². The molecular formula is C19H24N7S+. The Hall–Kier alpha value is -2.89. The first-order chi connectivity index (χ1) is 13.0. The van der Waals surface area contributed by atoms with Gasteiger partial charge in [-0.3, -0.25) is 5.10 Å². The summed E-state index contributed by atoms with van der Waals surface area (Å²) < 4.78 is 0. The Kier molecular flexibility index (Phi) is 6.06. The van der Waals surface area contributed by atoms with Crippen LogP contribution in [0.15, 0.2) is 29.6 Å². The molecular weight excluding hydrogens is 358 g/mol. The molecule has 0 aliphatic heterocycles. The Morgan fingerprint density at radius 2 is 2.11 bits per heavy atom. The van der Waals surface area contributed by atoms with E-state index in [1.165, 1.54) is 10.5 Å². The maximum atomic E-state index is 9.10. The Labute approximate surface area is 162 Å². The van der Waals surface area contributed by atoms with Crippen molar-refractivity contribution in [3.63, 3.8) is 0 Å². The molecule has 1 atom stereocenters. The summed E-state index contributed by atoms with van der Waals surface area (Å²) >= 11 is 1.62.